The molecule has 0 spiro atoms. The molecule has 1 amide bonds. The van der Waals surface area contributed by atoms with Crippen LogP contribution in [0.4, 0.5) is 0 Å². The van der Waals surface area contributed by atoms with Gasteiger partial charge in [0.2, 0.25) is 5.91 Å². The van der Waals surface area contributed by atoms with Gasteiger partial charge in [-0.25, -0.2) is 0 Å². The average Bonchev–Trinajstić information content (AvgIpc) is 3.23. The third kappa shape index (κ3) is 3.02. The number of aliphatic hydroxyl groups is 2. The van der Waals surface area contributed by atoms with Crippen LogP contribution in [0.3, 0.4) is 0 Å². The number of hydrogen-bond acceptors (Lipinski definition) is 6. The molecule has 0 aliphatic carbocycles. The molecule has 148 valence electrons. The Kier molecular flexibility index (Phi) is 5.69. The van der Waals surface area contributed by atoms with Crippen LogP contribution >= 0.6 is 0 Å². The first kappa shape index (κ1) is 21.7. The fraction of sp³-hybridized carbons (Fsp3) is 0.273. The predicted molar refractivity (Wildman–Crippen MR) is 102 cm³/mol. The second-order valence-corrected chi connectivity index (χ2v) is 7.63. The zero-order valence-corrected chi connectivity index (χ0v) is 19.7. The zero-order chi connectivity index (χ0) is 20.4. The summed E-state index contributed by atoms with van der Waals surface area (Å²) in [5, 5.41) is 32.9. The molecule has 30 heavy (non-hydrogen) atoms. The number of aliphatic hydroxyl groups excluding tert-OH is 2. The summed E-state index contributed by atoms with van der Waals surface area (Å²) >= 11 is 0. The Morgan fingerprint density at radius 2 is 2.07 bits per heavy atom. The third-order valence-electron chi connectivity index (χ3n) is 5.99. The number of furan rings is 1. The van der Waals surface area contributed by atoms with E-state index in [1.807, 2.05) is 18.2 Å². The molecule has 1 fully saturated rings. The van der Waals surface area contributed by atoms with Crippen molar-refractivity contribution in [2.75, 3.05) is 0 Å². The largest absolute Gasteiger partial charge is 1.00 e. The molecule has 0 radical (unpaired) electrons. The van der Waals surface area contributed by atoms with Gasteiger partial charge in [0.1, 0.15) is 11.2 Å². The van der Waals surface area contributed by atoms with Gasteiger partial charge in [-0.15, -0.1) is 0 Å². The number of benzene rings is 2. The summed E-state index contributed by atoms with van der Waals surface area (Å²) in [6.07, 6.45) is -0.548. The minimum Gasteiger partial charge on any atom is -0.543 e. The van der Waals surface area contributed by atoms with Crippen LogP contribution in [-0.4, -0.2) is 39.1 Å². The minimum absolute atomic E-state index is 0. The molecule has 1 aromatic heterocycles. The Hall–Kier alpha value is -1.52. The molecular weight excluding hydrogens is 413 g/mol. The zero-order valence-electron chi connectivity index (χ0n) is 16.6. The predicted octanol–water partition coefficient (Wildman–Crippen LogP) is -1.85. The van der Waals surface area contributed by atoms with Gasteiger partial charge in [0.25, 0.3) is 0 Å². The molecule has 3 aromatic rings. The Labute approximate surface area is 214 Å². The van der Waals surface area contributed by atoms with Crippen LogP contribution in [0.5, 0.6) is 0 Å². The number of carboxylic acids is 1. The second-order valence-electron chi connectivity index (χ2n) is 7.63. The molecule has 0 unspecified atom stereocenters. The molecule has 2 aromatic carbocycles. The summed E-state index contributed by atoms with van der Waals surface area (Å²) in [5.41, 5.74) is 2.81. The van der Waals surface area contributed by atoms with E-state index >= 15 is 0 Å². The van der Waals surface area contributed by atoms with Gasteiger partial charge < -0.3 is 29.4 Å². The first-order chi connectivity index (χ1) is 13.9. The van der Waals surface area contributed by atoms with E-state index in [1.54, 1.807) is 18.2 Å². The maximum absolute atomic E-state index is 12.4. The van der Waals surface area contributed by atoms with Gasteiger partial charge in [0.05, 0.1) is 36.3 Å². The molecule has 1 saturated heterocycles. The molecule has 8 heteroatoms. The van der Waals surface area contributed by atoms with Gasteiger partial charge >= 0.3 is 51.4 Å². The topological polar surface area (TPSA) is 114 Å². The van der Waals surface area contributed by atoms with Crippen LogP contribution in [0.15, 0.2) is 46.5 Å². The molecule has 5 rings (SSSR count). The molecule has 0 bridgehead atoms. The number of para-hydroxylation sites is 1. The van der Waals surface area contributed by atoms with Gasteiger partial charge in [0, 0.05) is 16.3 Å². The van der Waals surface area contributed by atoms with Gasteiger partial charge in [-0.05, 0) is 36.6 Å². The van der Waals surface area contributed by atoms with Crippen molar-refractivity contribution >= 4 is 39.4 Å². The Balaban J connectivity index is 0.00000218. The summed E-state index contributed by atoms with van der Waals surface area (Å²) in [4.78, 5) is 25.6. The Morgan fingerprint density at radius 3 is 2.73 bits per heavy atom. The van der Waals surface area contributed by atoms with Crippen LogP contribution in [0.2, 0.25) is 0 Å². The number of fused-ring (bicyclic) bond motifs is 4. The van der Waals surface area contributed by atoms with Crippen LogP contribution in [0.25, 0.3) is 27.5 Å². The molecular formula is C22H18KNO6. The van der Waals surface area contributed by atoms with Crippen molar-refractivity contribution in [3.05, 3.63) is 53.2 Å². The van der Waals surface area contributed by atoms with Crippen LogP contribution in [-0.2, 0) is 16.2 Å². The molecule has 2 aliphatic rings. The summed E-state index contributed by atoms with van der Waals surface area (Å²) in [5.74, 6) is -2.44. The molecule has 3 heterocycles. The van der Waals surface area contributed by atoms with Gasteiger partial charge in [-0.2, -0.15) is 0 Å². The molecule has 2 N–H and O–H groups in total. The van der Waals surface area contributed by atoms with E-state index in [0.717, 1.165) is 16.3 Å². The summed E-state index contributed by atoms with van der Waals surface area (Å²) in [7, 11) is 0. The van der Waals surface area contributed by atoms with E-state index in [4.69, 9.17) is 4.42 Å². The number of rotatable bonds is 4. The maximum Gasteiger partial charge on any atom is 1.00 e. The number of amides is 1. The van der Waals surface area contributed by atoms with Crippen molar-refractivity contribution < 1.29 is 80.7 Å². The number of hydrogen-bond donors (Lipinski definition) is 2. The first-order valence-electron chi connectivity index (χ1n) is 9.43. The standard InChI is InChI=1S/C22H19NO6.K/c1-10(25)18-16-8-15(19(22(27)28)23(16)21(18)26)13-4-2-3-12-14-7-11(9-24)5-6-17(14)29-20(12)13;/h2-7,10,16,18,24-25H,8-9H2,1H3,(H,27,28);/q;+1/p-1/t10-,16-,18-;/m1./s1. The van der Waals surface area contributed by atoms with Crippen molar-refractivity contribution in [1.82, 2.24) is 4.90 Å². The molecule has 2 aliphatic heterocycles. The minimum atomic E-state index is -1.42. The van der Waals surface area contributed by atoms with Gasteiger partial charge in [0.15, 0.2) is 0 Å². The number of carbonyl (C=O) groups excluding carboxylic acids is 2. The Morgan fingerprint density at radius 1 is 1.30 bits per heavy atom. The second kappa shape index (κ2) is 7.87. The molecule has 7 nitrogen and oxygen atoms in total. The fourth-order valence-corrected chi connectivity index (χ4v) is 4.68. The summed E-state index contributed by atoms with van der Waals surface area (Å²) in [6, 6.07) is 10.4. The summed E-state index contributed by atoms with van der Waals surface area (Å²) in [6.45, 7) is 1.44. The fourth-order valence-electron chi connectivity index (χ4n) is 4.68. The van der Waals surface area contributed by atoms with E-state index in [-0.39, 0.29) is 63.7 Å². The van der Waals surface area contributed by atoms with Crippen LogP contribution in [0, 0.1) is 5.92 Å². The monoisotopic (exact) mass is 431 g/mol. The molecule has 0 saturated carbocycles. The first-order valence-corrected chi connectivity index (χ1v) is 9.43. The smallest absolute Gasteiger partial charge is 0.543 e. The Bertz CT molecular complexity index is 1230. The van der Waals surface area contributed by atoms with Crippen LogP contribution in [0.1, 0.15) is 24.5 Å². The summed E-state index contributed by atoms with van der Waals surface area (Å²) < 4.78 is 6.03. The number of carboxylic acid groups (broad SMARTS) is 1. The quantitative estimate of drug-likeness (QED) is 0.371. The maximum atomic E-state index is 12.4. The van der Waals surface area contributed by atoms with Crippen molar-refractivity contribution in [2.24, 2.45) is 5.92 Å². The number of carbonyl (C=O) groups is 2. The van der Waals surface area contributed by atoms with Crippen molar-refractivity contribution in [3.63, 3.8) is 0 Å². The SMILES string of the molecule is C[C@@H](O)[C@H]1C(=O)N2C(C(=O)[O-])=C(c3cccc4c3oc3ccc(CO)cc34)C[C@H]12.[K+]. The number of β-lactam (4-membered cyclic amide) rings is 1. The third-order valence-corrected chi connectivity index (χ3v) is 5.99. The number of aliphatic carboxylic acids is 1. The van der Waals surface area contributed by atoms with Crippen LogP contribution < -0.4 is 56.5 Å². The average molecular weight is 431 g/mol. The van der Waals surface area contributed by atoms with Crippen molar-refractivity contribution in [3.8, 4) is 0 Å². The van der Waals surface area contributed by atoms with E-state index in [1.165, 1.54) is 11.8 Å². The number of nitrogens with zero attached hydrogens (tertiary/aromatic N) is 1. The van der Waals surface area contributed by atoms with E-state index < -0.39 is 29.9 Å². The van der Waals surface area contributed by atoms with E-state index in [0.29, 0.717) is 28.7 Å². The van der Waals surface area contributed by atoms with E-state index in [9.17, 15) is 24.9 Å². The normalized spacial score (nSPS) is 21.6. The van der Waals surface area contributed by atoms with E-state index in [2.05, 4.69) is 0 Å². The molecule has 3 atom stereocenters. The van der Waals surface area contributed by atoms with Crippen molar-refractivity contribution in [2.45, 2.75) is 32.1 Å². The van der Waals surface area contributed by atoms with Crippen molar-refractivity contribution in [1.29, 1.82) is 0 Å². The van der Waals surface area contributed by atoms with Gasteiger partial charge in [-0.1, -0.05) is 24.3 Å². The van der Waals surface area contributed by atoms with Gasteiger partial charge in [-0.3, -0.25) is 4.79 Å².